The van der Waals surface area contributed by atoms with Crippen molar-refractivity contribution in [1.29, 1.82) is 0 Å². The highest BCUT2D eigenvalue weighted by Crippen LogP contribution is 2.29. The highest BCUT2D eigenvalue weighted by Gasteiger charge is 2.36. The molecule has 0 amide bonds. The van der Waals surface area contributed by atoms with Gasteiger partial charge in [0.2, 0.25) is 0 Å². The number of piperazine rings is 1. The number of sulfonamides is 1. The summed E-state index contributed by atoms with van der Waals surface area (Å²) in [5, 5.41) is 5.02. The lowest BCUT2D eigenvalue weighted by Crippen LogP contribution is -2.49. The summed E-state index contributed by atoms with van der Waals surface area (Å²) in [7, 11) is -1.57. The second-order valence-electron chi connectivity index (χ2n) is 4.66. The van der Waals surface area contributed by atoms with Gasteiger partial charge in [-0.1, -0.05) is 6.07 Å². The van der Waals surface area contributed by atoms with Crippen molar-refractivity contribution >= 4 is 21.4 Å². The van der Waals surface area contributed by atoms with Crippen molar-refractivity contribution in [3.8, 4) is 0 Å². The van der Waals surface area contributed by atoms with E-state index < -0.39 is 10.0 Å². The van der Waals surface area contributed by atoms with Crippen LogP contribution in [0.1, 0.15) is 11.9 Å². The van der Waals surface area contributed by atoms with Crippen LogP contribution in [0, 0.1) is 0 Å². The van der Waals surface area contributed by atoms with Gasteiger partial charge in [-0.05, 0) is 11.4 Å². The average molecular weight is 312 g/mol. The Bertz CT molecular complexity index is 678. The Labute approximate surface area is 122 Å². The van der Waals surface area contributed by atoms with E-state index in [-0.39, 0.29) is 6.04 Å². The van der Waals surface area contributed by atoms with Gasteiger partial charge in [0.15, 0.2) is 0 Å². The molecule has 0 spiro atoms. The fourth-order valence-corrected chi connectivity index (χ4v) is 5.12. The van der Waals surface area contributed by atoms with Crippen LogP contribution in [-0.2, 0) is 17.1 Å². The molecular formula is C12H16N4O2S2. The summed E-state index contributed by atoms with van der Waals surface area (Å²) in [5.41, 5.74) is 0. The summed E-state index contributed by atoms with van der Waals surface area (Å²) < 4.78 is 29.3. The second-order valence-corrected chi connectivity index (χ2v) is 7.73. The van der Waals surface area contributed by atoms with E-state index in [1.165, 1.54) is 11.3 Å². The maximum absolute atomic E-state index is 12.7. The number of aryl methyl sites for hydroxylation is 1. The number of hydrogen-bond acceptors (Lipinski definition) is 5. The minimum absolute atomic E-state index is 0.268. The molecule has 2 aromatic heterocycles. The van der Waals surface area contributed by atoms with Gasteiger partial charge in [0, 0.05) is 39.1 Å². The van der Waals surface area contributed by atoms with Crippen LogP contribution in [0.15, 0.2) is 34.1 Å². The summed E-state index contributed by atoms with van der Waals surface area (Å²) in [6, 6.07) is 3.14. The Morgan fingerprint density at radius 1 is 1.50 bits per heavy atom. The Morgan fingerprint density at radius 3 is 3.00 bits per heavy atom. The first-order chi connectivity index (χ1) is 9.60. The number of thiophene rings is 1. The van der Waals surface area contributed by atoms with E-state index in [1.807, 2.05) is 17.8 Å². The van der Waals surface area contributed by atoms with E-state index in [0.29, 0.717) is 23.8 Å². The van der Waals surface area contributed by atoms with E-state index >= 15 is 0 Å². The third kappa shape index (κ3) is 2.28. The second kappa shape index (κ2) is 5.28. The smallest absolute Gasteiger partial charge is 0.253 e. The molecule has 1 aliphatic rings. The number of nitrogens with one attached hydrogen (secondary N) is 1. The van der Waals surface area contributed by atoms with Gasteiger partial charge in [-0.15, -0.1) is 11.3 Å². The highest BCUT2D eigenvalue weighted by molar-refractivity contribution is 7.91. The van der Waals surface area contributed by atoms with Crippen LogP contribution in [0.3, 0.4) is 0 Å². The van der Waals surface area contributed by atoms with Crippen LogP contribution < -0.4 is 5.32 Å². The molecule has 0 aliphatic carbocycles. The molecule has 108 valence electrons. The molecule has 1 atom stereocenters. The van der Waals surface area contributed by atoms with Gasteiger partial charge < -0.3 is 9.88 Å². The molecule has 1 unspecified atom stereocenters. The van der Waals surface area contributed by atoms with Gasteiger partial charge in [0.05, 0.1) is 6.04 Å². The van der Waals surface area contributed by atoms with Crippen molar-refractivity contribution in [2.24, 2.45) is 7.05 Å². The summed E-state index contributed by atoms with van der Waals surface area (Å²) in [6.07, 6.45) is 3.53. The largest absolute Gasteiger partial charge is 0.337 e. The van der Waals surface area contributed by atoms with Crippen LogP contribution in [0.4, 0.5) is 0 Å². The van der Waals surface area contributed by atoms with E-state index in [4.69, 9.17) is 0 Å². The van der Waals surface area contributed by atoms with E-state index in [1.54, 1.807) is 28.0 Å². The monoisotopic (exact) mass is 312 g/mol. The first-order valence-corrected chi connectivity index (χ1v) is 8.66. The minimum Gasteiger partial charge on any atom is -0.337 e. The van der Waals surface area contributed by atoms with Crippen LogP contribution in [-0.4, -0.2) is 41.9 Å². The number of imidazole rings is 1. The Kier molecular flexibility index (Phi) is 3.63. The van der Waals surface area contributed by atoms with Crippen LogP contribution in [0.2, 0.25) is 0 Å². The van der Waals surface area contributed by atoms with Gasteiger partial charge in [-0.25, -0.2) is 13.4 Å². The predicted molar refractivity (Wildman–Crippen MR) is 77.0 cm³/mol. The van der Waals surface area contributed by atoms with Gasteiger partial charge in [-0.2, -0.15) is 4.31 Å². The molecule has 20 heavy (non-hydrogen) atoms. The van der Waals surface area contributed by atoms with Crippen molar-refractivity contribution in [3.63, 3.8) is 0 Å². The third-order valence-corrected chi connectivity index (χ3v) is 6.69. The lowest BCUT2D eigenvalue weighted by Gasteiger charge is -2.34. The zero-order chi connectivity index (χ0) is 14.2. The standard InChI is InChI=1S/C12H16N4O2S2/c1-15-6-5-14-12(15)10-9-13-4-7-16(10)20(17,18)11-3-2-8-19-11/h2-3,5-6,8,10,13H,4,7,9H2,1H3. The Morgan fingerprint density at radius 2 is 2.35 bits per heavy atom. The predicted octanol–water partition coefficient (Wildman–Crippen LogP) is 0.817. The Balaban J connectivity index is 2.00. The lowest BCUT2D eigenvalue weighted by atomic mass is 10.2. The summed E-state index contributed by atoms with van der Waals surface area (Å²) >= 11 is 1.25. The molecule has 3 heterocycles. The van der Waals surface area contributed by atoms with Crippen molar-refractivity contribution in [1.82, 2.24) is 19.2 Å². The SMILES string of the molecule is Cn1ccnc1C1CNCCN1S(=O)(=O)c1cccs1. The lowest BCUT2D eigenvalue weighted by molar-refractivity contribution is 0.259. The van der Waals surface area contributed by atoms with E-state index in [9.17, 15) is 8.42 Å². The molecule has 0 aromatic carbocycles. The van der Waals surface area contributed by atoms with Crippen LogP contribution in [0.5, 0.6) is 0 Å². The summed E-state index contributed by atoms with van der Waals surface area (Å²) in [6.45, 7) is 1.69. The average Bonchev–Trinajstić information content (AvgIpc) is 3.10. The molecule has 6 nitrogen and oxygen atoms in total. The first-order valence-electron chi connectivity index (χ1n) is 6.34. The van der Waals surface area contributed by atoms with E-state index in [2.05, 4.69) is 10.3 Å². The van der Waals surface area contributed by atoms with Crippen molar-refractivity contribution in [2.45, 2.75) is 10.3 Å². The number of rotatable bonds is 3. The first kappa shape index (κ1) is 13.7. The number of nitrogens with zero attached hydrogens (tertiary/aromatic N) is 3. The Hall–Kier alpha value is -1.22. The molecule has 2 aromatic rings. The molecule has 1 N–H and O–H groups in total. The maximum atomic E-state index is 12.7. The van der Waals surface area contributed by atoms with Crippen molar-refractivity contribution < 1.29 is 8.42 Å². The van der Waals surface area contributed by atoms with Gasteiger partial charge >= 0.3 is 0 Å². The topological polar surface area (TPSA) is 67.2 Å². The van der Waals surface area contributed by atoms with Gasteiger partial charge in [0.25, 0.3) is 10.0 Å². The molecule has 1 saturated heterocycles. The van der Waals surface area contributed by atoms with Crippen molar-refractivity contribution in [3.05, 3.63) is 35.7 Å². The summed E-state index contributed by atoms with van der Waals surface area (Å²) in [5.74, 6) is 0.761. The quantitative estimate of drug-likeness (QED) is 0.911. The normalized spacial score (nSPS) is 21.1. The fourth-order valence-electron chi connectivity index (χ4n) is 2.42. The molecular weight excluding hydrogens is 296 g/mol. The molecule has 1 aliphatic heterocycles. The third-order valence-electron chi connectivity index (χ3n) is 3.41. The van der Waals surface area contributed by atoms with E-state index in [0.717, 1.165) is 5.82 Å². The zero-order valence-corrected chi connectivity index (χ0v) is 12.7. The van der Waals surface area contributed by atoms with Crippen LogP contribution >= 0.6 is 11.3 Å². The van der Waals surface area contributed by atoms with Gasteiger partial charge in [0.1, 0.15) is 10.0 Å². The molecule has 0 saturated carbocycles. The van der Waals surface area contributed by atoms with Crippen LogP contribution in [0.25, 0.3) is 0 Å². The molecule has 1 fully saturated rings. The zero-order valence-electron chi connectivity index (χ0n) is 11.1. The molecule has 0 radical (unpaired) electrons. The van der Waals surface area contributed by atoms with Gasteiger partial charge in [-0.3, -0.25) is 0 Å². The number of aromatic nitrogens is 2. The highest BCUT2D eigenvalue weighted by atomic mass is 32.2. The molecule has 8 heteroatoms. The van der Waals surface area contributed by atoms with Crippen molar-refractivity contribution in [2.75, 3.05) is 19.6 Å². The summed E-state index contributed by atoms with van der Waals surface area (Å²) in [4.78, 5) is 4.30. The molecule has 3 rings (SSSR count). The minimum atomic E-state index is -3.45. The molecule has 0 bridgehead atoms. The fraction of sp³-hybridized carbons (Fsp3) is 0.417. The maximum Gasteiger partial charge on any atom is 0.253 e. The number of hydrogen-bond donors (Lipinski definition) is 1.